The smallest absolute Gasteiger partial charge is 0.191 e. The van der Waals surface area contributed by atoms with Gasteiger partial charge in [0.25, 0.3) is 0 Å². The van der Waals surface area contributed by atoms with Gasteiger partial charge in [-0.15, -0.1) is 11.8 Å². The third-order valence-electron chi connectivity index (χ3n) is 4.66. The summed E-state index contributed by atoms with van der Waals surface area (Å²) in [5, 5.41) is 7.64. The highest BCUT2D eigenvalue weighted by molar-refractivity contribution is 7.99. The Bertz CT molecular complexity index is 545. The van der Waals surface area contributed by atoms with Gasteiger partial charge in [0, 0.05) is 54.6 Å². The first-order valence-corrected chi connectivity index (χ1v) is 10.0. The molecule has 1 heterocycles. The first-order valence-electron chi connectivity index (χ1n) is 8.64. The summed E-state index contributed by atoms with van der Waals surface area (Å²) < 4.78 is 5.53. The molecule has 25 heavy (non-hydrogen) atoms. The second kappa shape index (κ2) is 10.3. The van der Waals surface area contributed by atoms with Crippen LogP contribution in [0.2, 0.25) is 5.02 Å². The quantitative estimate of drug-likeness (QED) is 0.327. The van der Waals surface area contributed by atoms with Gasteiger partial charge in [-0.2, -0.15) is 0 Å². The summed E-state index contributed by atoms with van der Waals surface area (Å²) in [4.78, 5) is 7.87. The number of nitrogens with zero attached hydrogens (tertiary/aromatic N) is 2. The fraction of sp³-hybridized carbons (Fsp3) is 0.611. The van der Waals surface area contributed by atoms with Gasteiger partial charge in [-0.1, -0.05) is 11.6 Å². The Kier molecular flexibility index (Phi) is 8.36. The molecule has 0 bridgehead atoms. The number of hydrogen-bond acceptors (Lipinski definition) is 4. The molecular weight excluding hydrogens is 356 g/mol. The normalized spacial score (nSPS) is 17.6. The van der Waals surface area contributed by atoms with Crippen molar-refractivity contribution in [1.82, 2.24) is 15.5 Å². The van der Waals surface area contributed by atoms with Crippen LogP contribution in [0.5, 0.6) is 0 Å². The molecule has 0 amide bonds. The van der Waals surface area contributed by atoms with Crippen molar-refractivity contribution in [2.75, 3.05) is 53.2 Å². The summed E-state index contributed by atoms with van der Waals surface area (Å²) in [5.74, 6) is 1.82. The van der Waals surface area contributed by atoms with Gasteiger partial charge in [0.1, 0.15) is 0 Å². The van der Waals surface area contributed by atoms with Gasteiger partial charge in [-0.05, 0) is 51.2 Å². The van der Waals surface area contributed by atoms with E-state index in [1.54, 1.807) is 11.8 Å². The third kappa shape index (κ3) is 6.37. The molecule has 0 unspecified atom stereocenters. The summed E-state index contributed by atoms with van der Waals surface area (Å²) >= 11 is 7.71. The van der Waals surface area contributed by atoms with Crippen molar-refractivity contribution in [2.45, 2.75) is 23.3 Å². The number of nitrogens with one attached hydrogen (secondary N) is 2. The molecule has 1 fully saturated rings. The first-order chi connectivity index (χ1) is 12.1. The standard InChI is InChI=1S/C18H29ClN4OS/c1-20-17(21-10-13-25-16-6-4-15(19)5-7-16)22-14-18(23(2)3)8-11-24-12-9-18/h4-7H,8-14H2,1-3H3,(H2,20,21,22). The van der Waals surface area contributed by atoms with E-state index in [1.165, 1.54) is 4.90 Å². The molecule has 1 aliphatic rings. The minimum Gasteiger partial charge on any atom is -0.381 e. The van der Waals surface area contributed by atoms with E-state index in [9.17, 15) is 0 Å². The van der Waals surface area contributed by atoms with Crippen molar-refractivity contribution in [2.24, 2.45) is 4.99 Å². The van der Waals surface area contributed by atoms with Gasteiger partial charge in [-0.25, -0.2) is 0 Å². The van der Waals surface area contributed by atoms with Crippen LogP contribution in [0, 0.1) is 0 Å². The Balaban J connectivity index is 1.73. The number of rotatable bonds is 7. The van der Waals surface area contributed by atoms with Gasteiger partial charge >= 0.3 is 0 Å². The lowest BCUT2D eigenvalue weighted by molar-refractivity contribution is -0.00500. The van der Waals surface area contributed by atoms with Gasteiger partial charge in [0.05, 0.1) is 0 Å². The fourth-order valence-corrected chi connectivity index (χ4v) is 3.77. The minimum absolute atomic E-state index is 0.133. The zero-order chi connectivity index (χ0) is 18.1. The lowest BCUT2D eigenvalue weighted by atomic mass is 9.88. The van der Waals surface area contributed by atoms with E-state index in [4.69, 9.17) is 16.3 Å². The Hall–Kier alpha value is -0.950. The SMILES string of the molecule is CN=C(NCCSc1ccc(Cl)cc1)NCC1(N(C)C)CCOCC1. The molecule has 1 saturated heterocycles. The van der Waals surface area contributed by atoms with Crippen LogP contribution in [-0.4, -0.2) is 69.6 Å². The van der Waals surface area contributed by atoms with E-state index in [1.807, 2.05) is 31.3 Å². The summed E-state index contributed by atoms with van der Waals surface area (Å²) in [5.41, 5.74) is 0.133. The molecule has 1 aromatic rings. The van der Waals surface area contributed by atoms with Crippen LogP contribution >= 0.6 is 23.4 Å². The lowest BCUT2D eigenvalue weighted by Gasteiger charge is -2.43. The monoisotopic (exact) mass is 384 g/mol. The maximum Gasteiger partial charge on any atom is 0.191 e. The van der Waals surface area contributed by atoms with E-state index in [0.717, 1.165) is 55.9 Å². The van der Waals surface area contributed by atoms with Crippen LogP contribution in [0.4, 0.5) is 0 Å². The molecule has 0 aliphatic carbocycles. The number of aliphatic imine (C=N–C) groups is 1. The molecule has 0 aromatic heterocycles. The summed E-state index contributed by atoms with van der Waals surface area (Å²) in [6.07, 6.45) is 2.08. The second-order valence-corrected chi connectivity index (χ2v) is 7.99. The van der Waals surface area contributed by atoms with Crippen LogP contribution in [-0.2, 0) is 4.74 Å². The molecular formula is C18H29ClN4OS. The maximum atomic E-state index is 5.91. The average molecular weight is 385 g/mol. The number of ether oxygens (including phenoxy) is 1. The number of hydrogen-bond donors (Lipinski definition) is 2. The molecule has 7 heteroatoms. The summed E-state index contributed by atoms with van der Waals surface area (Å²) in [6.45, 7) is 3.37. The molecule has 2 N–H and O–H groups in total. The van der Waals surface area contributed by atoms with Gasteiger partial charge in [-0.3, -0.25) is 4.99 Å². The molecule has 0 saturated carbocycles. The van der Waals surface area contributed by atoms with Crippen LogP contribution < -0.4 is 10.6 Å². The summed E-state index contributed by atoms with van der Waals surface area (Å²) in [6, 6.07) is 7.94. The second-order valence-electron chi connectivity index (χ2n) is 6.39. The van der Waals surface area contributed by atoms with Crippen LogP contribution in [0.1, 0.15) is 12.8 Å². The highest BCUT2D eigenvalue weighted by atomic mass is 35.5. The Morgan fingerprint density at radius 3 is 2.52 bits per heavy atom. The van der Waals surface area contributed by atoms with E-state index in [0.29, 0.717) is 0 Å². The predicted octanol–water partition coefficient (Wildman–Crippen LogP) is 2.71. The lowest BCUT2D eigenvalue weighted by Crippen LogP contribution is -2.57. The number of guanidine groups is 1. The fourth-order valence-electron chi connectivity index (χ4n) is 2.87. The highest BCUT2D eigenvalue weighted by Gasteiger charge is 2.34. The van der Waals surface area contributed by atoms with Crippen molar-refractivity contribution in [3.63, 3.8) is 0 Å². The molecule has 1 aromatic carbocycles. The number of thioether (sulfide) groups is 1. The number of likely N-dealkylation sites (N-methyl/N-ethyl adjacent to an activating group) is 1. The minimum atomic E-state index is 0.133. The molecule has 1 aliphatic heterocycles. The van der Waals surface area contributed by atoms with E-state index in [-0.39, 0.29) is 5.54 Å². The van der Waals surface area contributed by atoms with Gasteiger partial charge < -0.3 is 20.3 Å². The maximum absolute atomic E-state index is 5.91. The molecule has 0 atom stereocenters. The first kappa shape index (κ1) is 20.4. The Labute approximate surface area is 160 Å². The van der Waals surface area contributed by atoms with Crippen molar-refractivity contribution < 1.29 is 4.74 Å². The van der Waals surface area contributed by atoms with E-state index >= 15 is 0 Å². The van der Waals surface area contributed by atoms with Crippen molar-refractivity contribution in [1.29, 1.82) is 0 Å². The number of halogens is 1. The zero-order valence-corrected chi connectivity index (χ0v) is 16.9. The van der Waals surface area contributed by atoms with Crippen LogP contribution in [0.15, 0.2) is 34.2 Å². The zero-order valence-electron chi connectivity index (χ0n) is 15.3. The van der Waals surface area contributed by atoms with E-state index < -0.39 is 0 Å². The van der Waals surface area contributed by atoms with Crippen molar-refractivity contribution in [3.05, 3.63) is 29.3 Å². The largest absolute Gasteiger partial charge is 0.381 e. The summed E-state index contributed by atoms with van der Waals surface area (Å²) in [7, 11) is 6.10. The topological polar surface area (TPSA) is 48.9 Å². The van der Waals surface area contributed by atoms with Gasteiger partial charge in [0.2, 0.25) is 0 Å². The highest BCUT2D eigenvalue weighted by Crippen LogP contribution is 2.25. The number of benzene rings is 1. The van der Waals surface area contributed by atoms with Gasteiger partial charge in [0.15, 0.2) is 5.96 Å². The third-order valence-corrected chi connectivity index (χ3v) is 5.92. The van der Waals surface area contributed by atoms with E-state index in [2.05, 4.69) is 34.6 Å². The molecule has 140 valence electrons. The molecule has 5 nitrogen and oxygen atoms in total. The van der Waals surface area contributed by atoms with Crippen molar-refractivity contribution in [3.8, 4) is 0 Å². The molecule has 2 rings (SSSR count). The average Bonchev–Trinajstić information content (AvgIpc) is 2.63. The van der Waals surface area contributed by atoms with Crippen LogP contribution in [0.3, 0.4) is 0 Å². The Morgan fingerprint density at radius 1 is 1.24 bits per heavy atom. The molecule has 0 spiro atoms. The molecule has 0 radical (unpaired) electrons. The Morgan fingerprint density at radius 2 is 1.92 bits per heavy atom. The van der Waals surface area contributed by atoms with Crippen molar-refractivity contribution >= 4 is 29.3 Å². The van der Waals surface area contributed by atoms with Crippen LogP contribution in [0.25, 0.3) is 0 Å². The predicted molar refractivity (Wildman–Crippen MR) is 108 cm³/mol.